The van der Waals surface area contributed by atoms with E-state index in [-0.39, 0.29) is 18.6 Å². The zero-order valence-electron chi connectivity index (χ0n) is 10.1. The molecule has 0 fully saturated rings. The van der Waals surface area contributed by atoms with Crippen LogP contribution in [0, 0.1) is 0 Å². The SMILES string of the molecule is CCC(CO)NC(=O)C1Cc2cc(Cl)ccc2O1. The van der Waals surface area contributed by atoms with Crippen LogP contribution in [0.15, 0.2) is 18.2 Å². The molecule has 98 valence electrons. The fourth-order valence-electron chi connectivity index (χ4n) is 1.93. The van der Waals surface area contributed by atoms with E-state index in [2.05, 4.69) is 5.32 Å². The van der Waals surface area contributed by atoms with Crippen LogP contribution in [0.3, 0.4) is 0 Å². The second-order valence-corrected chi connectivity index (χ2v) is 4.80. The first-order valence-corrected chi connectivity index (χ1v) is 6.38. The van der Waals surface area contributed by atoms with Gasteiger partial charge in [0.05, 0.1) is 12.6 Å². The molecule has 1 aromatic rings. The Morgan fingerprint density at radius 1 is 1.67 bits per heavy atom. The first-order valence-electron chi connectivity index (χ1n) is 6.00. The summed E-state index contributed by atoms with van der Waals surface area (Å²) in [5, 5.41) is 12.5. The van der Waals surface area contributed by atoms with Crippen molar-refractivity contribution < 1.29 is 14.6 Å². The number of halogens is 1. The molecule has 0 spiro atoms. The van der Waals surface area contributed by atoms with E-state index < -0.39 is 6.10 Å². The van der Waals surface area contributed by atoms with Crippen molar-refractivity contribution in [1.29, 1.82) is 0 Å². The van der Waals surface area contributed by atoms with Crippen molar-refractivity contribution in [2.75, 3.05) is 6.61 Å². The third-order valence-electron chi connectivity index (χ3n) is 3.05. The number of ether oxygens (including phenoxy) is 1. The quantitative estimate of drug-likeness (QED) is 0.872. The van der Waals surface area contributed by atoms with Crippen LogP contribution in [0.25, 0.3) is 0 Å². The Morgan fingerprint density at radius 2 is 2.44 bits per heavy atom. The van der Waals surface area contributed by atoms with Gasteiger partial charge in [-0.15, -0.1) is 0 Å². The van der Waals surface area contributed by atoms with Gasteiger partial charge >= 0.3 is 0 Å². The van der Waals surface area contributed by atoms with E-state index in [0.717, 1.165) is 5.56 Å². The van der Waals surface area contributed by atoms with Gasteiger partial charge in [0.2, 0.25) is 0 Å². The molecule has 1 amide bonds. The topological polar surface area (TPSA) is 58.6 Å². The maximum absolute atomic E-state index is 11.9. The Labute approximate surface area is 111 Å². The van der Waals surface area contributed by atoms with Crippen molar-refractivity contribution in [3.8, 4) is 5.75 Å². The summed E-state index contributed by atoms with van der Waals surface area (Å²) in [5.41, 5.74) is 0.944. The molecule has 2 rings (SSSR count). The van der Waals surface area contributed by atoms with Gasteiger partial charge < -0.3 is 15.2 Å². The number of nitrogens with one attached hydrogen (secondary N) is 1. The van der Waals surface area contributed by atoms with Crippen molar-refractivity contribution in [1.82, 2.24) is 5.32 Å². The first kappa shape index (κ1) is 13.2. The van der Waals surface area contributed by atoms with E-state index in [0.29, 0.717) is 23.6 Å². The van der Waals surface area contributed by atoms with E-state index in [9.17, 15) is 4.79 Å². The largest absolute Gasteiger partial charge is 0.480 e. The summed E-state index contributed by atoms with van der Waals surface area (Å²) >= 11 is 5.89. The lowest BCUT2D eigenvalue weighted by molar-refractivity contribution is -0.128. The second kappa shape index (κ2) is 5.59. The van der Waals surface area contributed by atoms with Crippen LogP contribution in [-0.2, 0) is 11.2 Å². The van der Waals surface area contributed by atoms with Crippen molar-refractivity contribution >= 4 is 17.5 Å². The maximum Gasteiger partial charge on any atom is 0.261 e. The number of hydrogen-bond acceptors (Lipinski definition) is 3. The molecule has 0 radical (unpaired) electrons. The summed E-state index contributed by atoms with van der Waals surface area (Å²) in [7, 11) is 0. The number of fused-ring (bicyclic) bond motifs is 1. The van der Waals surface area contributed by atoms with E-state index in [1.54, 1.807) is 12.1 Å². The summed E-state index contributed by atoms with van der Waals surface area (Å²) in [6, 6.07) is 5.11. The Balaban J connectivity index is 2.00. The van der Waals surface area contributed by atoms with E-state index in [4.69, 9.17) is 21.4 Å². The fraction of sp³-hybridized carbons (Fsp3) is 0.462. The lowest BCUT2D eigenvalue weighted by Crippen LogP contribution is -2.44. The zero-order chi connectivity index (χ0) is 13.1. The zero-order valence-corrected chi connectivity index (χ0v) is 10.9. The van der Waals surface area contributed by atoms with Crippen LogP contribution in [-0.4, -0.2) is 29.8 Å². The number of carbonyl (C=O) groups excluding carboxylic acids is 1. The van der Waals surface area contributed by atoms with Crippen LogP contribution in [0.5, 0.6) is 5.75 Å². The van der Waals surface area contributed by atoms with Crippen LogP contribution in [0.4, 0.5) is 0 Å². The molecule has 1 aliphatic heterocycles. The minimum Gasteiger partial charge on any atom is -0.480 e. The van der Waals surface area contributed by atoms with Crippen molar-refractivity contribution in [3.63, 3.8) is 0 Å². The molecule has 1 aromatic carbocycles. The average molecular weight is 270 g/mol. The van der Waals surface area contributed by atoms with Crippen LogP contribution >= 0.6 is 11.6 Å². The normalized spacial score (nSPS) is 18.9. The van der Waals surface area contributed by atoms with E-state index in [1.165, 1.54) is 0 Å². The average Bonchev–Trinajstić information content (AvgIpc) is 2.78. The third-order valence-corrected chi connectivity index (χ3v) is 3.28. The smallest absolute Gasteiger partial charge is 0.261 e. The summed E-state index contributed by atoms with van der Waals surface area (Å²) in [6.45, 7) is 1.85. The van der Waals surface area contributed by atoms with Crippen molar-refractivity contribution in [2.24, 2.45) is 0 Å². The molecule has 4 nitrogen and oxygen atoms in total. The van der Waals surface area contributed by atoms with Gasteiger partial charge in [-0.25, -0.2) is 0 Å². The highest BCUT2D eigenvalue weighted by molar-refractivity contribution is 6.30. The van der Waals surface area contributed by atoms with E-state index in [1.807, 2.05) is 13.0 Å². The van der Waals surface area contributed by atoms with Gasteiger partial charge in [-0.05, 0) is 30.2 Å². The number of aliphatic hydroxyl groups excluding tert-OH is 1. The van der Waals surface area contributed by atoms with Crippen molar-refractivity contribution in [3.05, 3.63) is 28.8 Å². The standard InChI is InChI=1S/C13H16ClNO3/c1-2-10(7-16)15-13(17)12-6-8-5-9(14)3-4-11(8)18-12/h3-5,10,12,16H,2,6-7H2,1H3,(H,15,17). The maximum atomic E-state index is 11.9. The molecule has 2 atom stereocenters. The number of aliphatic hydroxyl groups is 1. The lowest BCUT2D eigenvalue weighted by Gasteiger charge is -2.17. The molecule has 0 aliphatic carbocycles. The Hall–Kier alpha value is -1.26. The predicted octanol–water partition coefficient (Wildman–Crippen LogP) is 1.53. The molecule has 0 saturated carbocycles. The van der Waals surface area contributed by atoms with Gasteiger partial charge in [0, 0.05) is 11.4 Å². The number of hydrogen-bond donors (Lipinski definition) is 2. The second-order valence-electron chi connectivity index (χ2n) is 4.36. The molecule has 1 aliphatic rings. The summed E-state index contributed by atoms with van der Waals surface area (Å²) in [5.74, 6) is 0.514. The minimum absolute atomic E-state index is 0.0618. The molecule has 0 bridgehead atoms. The number of benzene rings is 1. The van der Waals surface area contributed by atoms with Crippen molar-refractivity contribution in [2.45, 2.75) is 31.9 Å². The Morgan fingerprint density at radius 3 is 3.11 bits per heavy atom. The molecule has 1 heterocycles. The van der Waals surface area contributed by atoms with Crippen LogP contribution in [0.2, 0.25) is 5.02 Å². The van der Waals surface area contributed by atoms with Gasteiger partial charge in [-0.2, -0.15) is 0 Å². The van der Waals surface area contributed by atoms with Gasteiger partial charge in [0.1, 0.15) is 5.75 Å². The minimum atomic E-state index is -0.529. The molecular formula is C13H16ClNO3. The Bertz CT molecular complexity index is 446. The Kier molecular flexibility index (Phi) is 4.09. The van der Waals surface area contributed by atoms with Gasteiger partial charge in [0.25, 0.3) is 5.91 Å². The van der Waals surface area contributed by atoms with E-state index >= 15 is 0 Å². The highest BCUT2D eigenvalue weighted by Crippen LogP contribution is 2.31. The lowest BCUT2D eigenvalue weighted by atomic mass is 10.1. The van der Waals surface area contributed by atoms with Gasteiger partial charge in [0.15, 0.2) is 6.10 Å². The highest BCUT2D eigenvalue weighted by atomic mass is 35.5. The van der Waals surface area contributed by atoms with Gasteiger partial charge in [-0.3, -0.25) is 4.79 Å². The molecule has 0 saturated heterocycles. The number of carbonyl (C=O) groups is 1. The highest BCUT2D eigenvalue weighted by Gasteiger charge is 2.30. The molecule has 2 N–H and O–H groups in total. The molecule has 2 unspecified atom stereocenters. The number of rotatable bonds is 4. The summed E-state index contributed by atoms with van der Waals surface area (Å²) in [4.78, 5) is 11.9. The third kappa shape index (κ3) is 2.76. The van der Waals surface area contributed by atoms with Gasteiger partial charge in [-0.1, -0.05) is 18.5 Å². The monoisotopic (exact) mass is 269 g/mol. The summed E-state index contributed by atoms with van der Waals surface area (Å²) < 4.78 is 5.56. The van der Waals surface area contributed by atoms with Crippen LogP contribution in [0.1, 0.15) is 18.9 Å². The number of amides is 1. The first-order chi connectivity index (χ1) is 8.63. The summed E-state index contributed by atoms with van der Waals surface area (Å²) in [6.07, 6.45) is 0.677. The molecular weight excluding hydrogens is 254 g/mol. The predicted molar refractivity (Wildman–Crippen MR) is 68.9 cm³/mol. The fourth-order valence-corrected chi connectivity index (χ4v) is 2.13. The molecule has 5 heteroatoms. The molecule has 18 heavy (non-hydrogen) atoms. The molecule has 0 aromatic heterocycles. The van der Waals surface area contributed by atoms with Crippen LogP contribution < -0.4 is 10.1 Å².